The van der Waals surface area contributed by atoms with Crippen molar-refractivity contribution in [3.63, 3.8) is 0 Å². The number of hydrogen-bond donors (Lipinski definition) is 0. The summed E-state index contributed by atoms with van der Waals surface area (Å²) in [6.45, 7) is 6.40. The van der Waals surface area contributed by atoms with E-state index in [4.69, 9.17) is 14.2 Å². The van der Waals surface area contributed by atoms with Gasteiger partial charge in [0.1, 0.15) is 13.2 Å². The molecule has 6 heteroatoms. The summed E-state index contributed by atoms with van der Waals surface area (Å²) in [5, 5.41) is 0. The van der Waals surface area contributed by atoms with E-state index in [1.807, 2.05) is 0 Å². The van der Waals surface area contributed by atoms with Gasteiger partial charge in [-0.15, -0.1) is 0 Å². The van der Waals surface area contributed by atoms with E-state index in [-0.39, 0.29) is 31.1 Å². The number of carbonyl (C=O) groups is 3. The standard InChI is InChI=1S/C63H102O6/c1-4-7-10-13-16-19-22-24-26-27-28-29-30-31-32-33-34-35-37-38-41-44-47-50-53-56-62(65)68-59-60(58-67-61(64)55-52-49-46-43-40-21-18-15-12-9-6-3)69-63(66)57-54-51-48-45-42-39-36-25-23-20-17-14-11-8-5-2/h7,10,15-20,24-26,28-29,31-32,34-36,38,41,60H,4-6,8-9,11-14,21-23,27,30,33,37,39-40,42-59H2,1-3H3/b10-7-,18-15-,19-16-,20-17-,26-24-,29-28-,32-31-,35-34-,36-25-,41-38-. The van der Waals surface area contributed by atoms with Crippen LogP contribution in [0.5, 0.6) is 0 Å². The predicted molar refractivity (Wildman–Crippen MR) is 297 cm³/mol. The monoisotopic (exact) mass is 955 g/mol. The summed E-state index contributed by atoms with van der Waals surface area (Å²) in [6, 6.07) is 0. The molecule has 1 unspecified atom stereocenters. The molecule has 390 valence electrons. The molecule has 0 aliphatic rings. The highest BCUT2D eigenvalue weighted by atomic mass is 16.6. The van der Waals surface area contributed by atoms with Gasteiger partial charge in [0.25, 0.3) is 0 Å². The first-order chi connectivity index (χ1) is 34.0. The van der Waals surface area contributed by atoms with Crippen LogP contribution < -0.4 is 0 Å². The summed E-state index contributed by atoms with van der Waals surface area (Å²) in [4.78, 5) is 38.0. The number of esters is 3. The lowest BCUT2D eigenvalue weighted by molar-refractivity contribution is -0.167. The number of allylic oxidation sites excluding steroid dienone is 20. The Bertz CT molecular complexity index is 1470. The molecule has 69 heavy (non-hydrogen) atoms. The number of carbonyl (C=O) groups excluding carboxylic acids is 3. The van der Waals surface area contributed by atoms with Crippen LogP contribution in [0.4, 0.5) is 0 Å². The number of unbranched alkanes of at least 4 members (excludes halogenated alkanes) is 18. The van der Waals surface area contributed by atoms with Crippen molar-refractivity contribution in [1.29, 1.82) is 0 Å². The summed E-state index contributed by atoms with van der Waals surface area (Å²) in [5.74, 6) is -0.964. The van der Waals surface area contributed by atoms with Gasteiger partial charge < -0.3 is 14.2 Å². The van der Waals surface area contributed by atoms with Gasteiger partial charge in [0.05, 0.1) is 0 Å². The van der Waals surface area contributed by atoms with Crippen LogP contribution in [0.25, 0.3) is 0 Å². The Balaban J connectivity index is 4.43. The van der Waals surface area contributed by atoms with Crippen LogP contribution in [0.2, 0.25) is 0 Å². The molecule has 0 aromatic rings. The van der Waals surface area contributed by atoms with Crippen LogP contribution in [-0.2, 0) is 28.6 Å². The highest BCUT2D eigenvalue weighted by molar-refractivity contribution is 5.71. The number of ether oxygens (including phenoxy) is 3. The molecule has 0 saturated carbocycles. The minimum Gasteiger partial charge on any atom is -0.462 e. The lowest BCUT2D eigenvalue weighted by Gasteiger charge is -2.18. The van der Waals surface area contributed by atoms with E-state index in [2.05, 4.69) is 142 Å². The van der Waals surface area contributed by atoms with Crippen LogP contribution in [0.15, 0.2) is 122 Å². The van der Waals surface area contributed by atoms with Gasteiger partial charge in [-0.2, -0.15) is 0 Å². The van der Waals surface area contributed by atoms with E-state index in [9.17, 15) is 14.4 Å². The fourth-order valence-electron chi connectivity index (χ4n) is 7.20. The molecule has 0 heterocycles. The zero-order chi connectivity index (χ0) is 50.0. The van der Waals surface area contributed by atoms with E-state index in [0.29, 0.717) is 19.3 Å². The maximum absolute atomic E-state index is 12.8. The first kappa shape index (κ1) is 64.8. The quantitative estimate of drug-likeness (QED) is 0.0262. The molecule has 0 bridgehead atoms. The maximum atomic E-state index is 12.8. The Kier molecular flexibility index (Phi) is 53.0. The molecular weight excluding hydrogens is 853 g/mol. The zero-order valence-electron chi connectivity index (χ0n) is 44.5. The Labute approximate surface area is 424 Å². The molecule has 6 nitrogen and oxygen atoms in total. The van der Waals surface area contributed by atoms with E-state index < -0.39 is 6.10 Å². The third kappa shape index (κ3) is 54.6. The van der Waals surface area contributed by atoms with Gasteiger partial charge >= 0.3 is 17.9 Å². The van der Waals surface area contributed by atoms with Gasteiger partial charge in [0.2, 0.25) is 0 Å². The summed E-state index contributed by atoms with van der Waals surface area (Å²) in [6.07, 6.45) is 77.6. The van der Waals surface area contributed by atoms with Crippen molar-refractivity contribution in [2.45, 2.75) is 245 Å². The van der Waals surface area contributed by atoms with Crippen molar-refractivity contribution in [2.75, 3.05) is 13.2 Å². The Morgan fingerprint density at radius 2 is 0.580 bits per heavy atom. The SMILES string of the molecule is CC/C=C\C/C=C\C/C=C\C/C=C\C/C=C\C/C=C\C/C=C\CCCCCC(=O)OCC(COC(=O)CCCCCCC/C=C\CCCC)OC(=O)CCCCCCC/C=C\C/C=C\CCCCC. The van der Waals surface area contributed by atoms with Gasteiger partial charge in [0, 0.05) is 19.3 Å². The lowest BCUT2D eigenvalue weighted by atomic mass is 10.1. The van der Waals surface area contributed by atoms with Gasteiger partial charge in [-0.25, -0.2) is 0 Å². The molecule has 0 rings (SSSR count). The molecule has 1 atom stereocenters. The topological polar surface area (TPSA) is 78.9 Å². The number of hydrogen-bond acceptors (Lipinski definition) is 6. The first-order valence-corrected chi connectivity index (χ1v) is 28.0. The van der Waals surface area contributed by atoms with Crippen LogP contribution in [0, 0.1) is 0 Å². The van der Waals surface area contributed by atoms with Crippen molar-refractivity contribution in [3.05, 3.63) is 122 Å². The lowest BCUT2D eigenvalue weighted by Crippen LogP contribution is -2.30. The summed E-state index contributed by atoms with van der Waals surface area (Å²) < 4.78 is 16.8. The smallest absolute Gasteiger partial charge is 0.306 e. The minimum absolute atomic E-state index is 0.102. The van der Waals surface area contributed by atoms with E-state index in [1.165, 1.54) is 51.4 Å². The van der Waals surface area contributed by atoms with Crippen LogP contribution in [0.3, 0.4) is 0 Å². The molecule has 0 aromatic carbocycles. The Hall–Kier alpha value is -4.19. The molecule has 0 aliphatic carbocycles. The van der Waals surface area contributed by atoms with E-state index in [0.717, 1.165) is 148 Å². The average molecular weight is 956 g/mol. The highest BCUT2D eigenvalue weighted by Gasteiger charge is 2.19. The Morgan fingerprint density at radius 3 is 0.957 bits per heavy atom. The first-order valence-electron chi connectivity index (χ1n) is 28.0. The second-order valence-corrected chi connectivity index (χ2v) is 18.1. The van der Waals surface area contributed by atoms with Gasteiger partial charge in [-0.3, -0.25) is 14.4 Å². The van der Waals surface area contributed by atoms with Gasteiger partial charge in [-0.1, -0.05) is 213 Å². The normalized spacial score (nSPS) is 13.0. The van der Waals surface area contributed by atoms with Crippen molar-refractivity contribution < 1.29 is 28.6 Å². The molecule has 0 saturated heterocycles. The van der Waals surface area contributed by atoms with Crippen LogP contribution >= 0.6 is 0 Å². The van der Waals surface area contributed by atoms with Crippen molar-refractivity contribution in [3.8, 4) is 0 Å². The van der Waals surface area contributed by atoms with E-state index in [1.54, 1.807) is 0 Å². The fraction of sp³-hybridized carbons (Fsp3) is 0.635. The highest BCUT2D eigenvalue weighted by Crippen LogP contribution is 2.13. The van der Waals surface area contributed by atoms with E-state index >= 15 is 0 Å². The molecule has 0 aromatic heterocycles. The fourth-order valence-corrected chi connectivity index (χ4v) is 7.20. The van der Waals surface area contributed by atoms with Crippen molar-refractivity contribution in [2.24, 2.45) is 0 Å². The molecule has 0 spiro atoms. The Morgan fingerprint density at radius 1 is 0.304 bits per heavy atom. The number of rotatable bonds is 49. The third-order valence-electron chi connectivity index (χ3n) is 11.4. The maximum Gasteiger partial charge on any atom is 0.306 e. The largest absolute Gasteiger partial charge is 0.462 e. The molecular formula is C63H102O6. The minimum atomic E-state index is -0.806. The molecule has 0 N–H and O–H groups in total. The summed E-state index contributed by atoms with van der Waals surface area (Å²) in [7, 11) is 0. The molecule has 0 fully saturated rings. The predicted octanol–water partition coefficient (Wildman–Crippen LogP) is 18.9. The molecule has 0 radical (unpaired) electrons. The zero-order valence-corrected chi connectivity index (χ0v) is 44.5. The molecule has 0 amide bonds. The van der Waals surface area contributed by atoms with Gasteiger partial charge in [0.15, 0.2) is 6.10 Å². The summed E-state index contributed by atoms with van der Waals surface area (Å²) in [5.41, 5.74) is 0. The third-order valence-corrected chi connectivity index (χ3v) is 11.4. The molecule has 0 aliphatic heterocycles. The van der Waals surface area contributed by atoms with Crippen molar-refractivity contribution in [1.82, 2.24) is 0 Å². The van der Waals surface area contributed by atoms with Gasteiger partial charge in [-0.05, 0) is 128 Å². The summed E-state index contributed by atoms with van der Waals surface area (Å²) >= 11 is 0. The van der Waals surface area contributed by atoms with Crippen molar-refractivity contribution >= 4 is 17.9 Å². The average Bonchev–Trinajstić information content (AvgIpc) is 3.35. The van der Waals surface area contributed by atoms with Crippen LogP contribution in [0.1, 0.15) is 239 Å². The van der Waals surface area contributed by atoms with Crippen LogP contribution in [-0.4, -0.2) is 37.2 Å². The second kappa shape index (κ2) is 56.4. The second-order valence-electron chi connectivity index (χ2n) is 18.1.